The molecule has 0 atom stereocenters. The Bertz CT molecular complexity index is 811. The molecule has 0 unspecified atom stereocenters. The normalized spacial score (nSPS) is 19.7. The molecule has 1 aromatic rings. The number of amides is 1. The third kappa shape index (κ3) is 3.61. The van der Waals surface area contributed by atoms with Gasteiger partial charge >= 0.3 is 5.97 Å². The Labute approximate surface area is 153 Å². The van der Waals surface area contributed by atoms with Gasteiger partial charge in [-0.1, -0.05) is 25.3 Å². The molecule has 2 aliphatic rings. The molecule has 142 valence electrons. The number of hydrogen-bond donors (Lipinski definition) is 2. The minimum Gasteiger partial charge on any atom is -0.479 e. The van der Waals surface area contributed by atoms with Gasteiger partial charge in [0.1, 0.15) is 5.54 Å². The summed E-state index contributed by atoms with van der Waals surface area (Å²) >= 11 is 0. The van der Waals surface area contributed by atoms with Crippen LogP contribution in [0.1, 0.15) is 55.3 Å². The first kappa shape index (κ1) is 18.8. The lowest BCUT2D eigenvalue weighted by Crippen LogP contribution is -2.56. The summed E-state index contributed by atoms with van der Waals surface area (Å²) < 4.78 is 27.3. The van der Waals surface area contributed by atoms with Crippen LogP contribution in [0.3, 0.4) is 0 Å². The maximum Gasteiger partial charge on any atom is 0.329 e. The fraction of sp³-hybridized carbons (Fsp3) is 0.556. The monoisotopic (exact) mass is 380 g/mol. The Hall–Kier alpha value is -1.93. The minimum atomic E-state index is -3.67. The van der Waals surface area contributed by atoms with E-state index in [1.54, 1.807) is 0 Å². The fourth-order valence-electron chi connectivity index (χ4n) is 3.50. The van der Waals surface area contributed by atoms with Crippen molar-refractivity contribution in [1.82, 2.24) is 9.62 Å². The van der Waals surface area contributed by atoms with Crippen molar-refractivity contribution in [2.75, 3.05) is 7.05 Å². The van der Waals surface area contributed by atoms with Crippen molar-refractivity contribution < 1.29 is 23.1 Å². The number of carboxylic acids is 1. The number of carbonyl (C=O) groups is 2. The quantitative estimate of drug-likeness (QED) is 0.785. The molecule has 1 amide bonds. The summed E-state index contributed by atoms with van der Waals surface area (Å²) in [6.07, 6.45) is 4.92. The highest BCUT2D eigenvalue weighted by atomic mass is 32.2. The molecule has 0 heterocycles. The van der Waals surface area contributed by atoms with Crippen molar-refractivity contribution >= 4 is 21.9 Å². The number of benzene rings is 1. The summed E-state index contributed by atoms with van der Waals surface area (Å²) in [6.45, 7) is 0. The first-order valence-corrected chi connectivity index (χ1v) is 10.4. The molecule has 2 aliphatic carbocycles. The second-order valence-electron chi connectivity index (χ2n) is 7.18. The van der Waals surface area contributed by atoms with E-state index in [4.69, 9.17) is 0 Å². The molecule has 0 radical (unpaired) electrons. The van der Waals surface area contributed by atoms with E-state index in [0.717, 1.165) is 32.1 Å². The van der Waals surface area contributed by atoms with E-state index in [1.165, 1.54) is 36.2 Å². The van der Waals surface area contributed by atoms with Crippen molar-refractivity contribution in [2.24, 2.45) is 0 Å². The molecule has 8 heteroatoms. The van der Waals surface area contributed by atoms with Gasteiger partial charge in [-0.05, 0) is 43.9 Å². The second kappa shape index (κ2) is 7.00. The van der Waals surface area contributed by atoms with Gasteiger partial charge in [0.2, 0.25) is 10.0 Å². The standard InChI is InChI=1S/C18H24N2O5S/c1-20(18(17(22)23)10-3-2-4-11-18)16(21)13-6-5-7-15(12-13)26(24,25)19-14-8-9-14/h5-7,12,14,19H,2-4,8-11H2,1H3,(H,22,23). The van der Waals surface area contributed by atoms with Gasteiger partial charge < -0.3 is 10.0 Å². The smallest absolute Gasteiger partial charge is 0.329 e. The van der Waals surface area contributed by atoms with E-state index in [0.29, 0.717) is 12.8 Å². The molecular weight excluding hydrogens is 356 g/mol. The Morgan fingerprint density at radius 3 is 2.42 bits per heavy atom. The lowest BCUT2D eigenvalue weighted by molar-refractivity contribution is -0.151. The average Bonchev–Trinajstić information content (AvgIpc) is 3.44. The van der Waals surface area contributed by atoms with Crippen LogP contribution < -0.4 is 4.72 Å². The summed E-state index contributed by atoms with van der Waals surface area (Å²) in [5.74, 6) is -1.48. The van der Waals surface area contributed by atoms with Gasteiger partial charge in [-0.15, -0.1) is 0 Å². The maximum atomic E-state index is 12.9. The highest BCUT2D eigenvalue weighted by Crippen LogP contribution is 2.34. The molecule has 0 aliphatic heterocycles. The van der Waals surface area contributed by atoms with Gasteiger partial charge in [0.25, 0.3) is 5.91 Å². The molecular formula is C18H24N2O5S. The molecule has 3 rings (SSSR count). The predicted octanol–water partition coefficient (Wildman–Crippen LogP) is 1.99. The molecule has 0 aromatic heterocycles. The highest BCUT2D eigenvalue weighted by molar-refractivity contribution is 7.89. The summed E-state index contributed by atoms with van der Waals surface area (Å²) in [4.78, 5) is 26.1. The highest BCUT2D eigenvalue weighted by Gasteiger charge is 2.45. The zero-order valence-electron chi connectivity index (χ0n) is 14.8. The van der Waals surface area contributed by atoms with E-state index < -0.39 is 27.4 Å². The zero-order valence-corrected chi connectivity index (χ0v) is 15.6. The molecule has 0 saturated heterocycles. The molecule has 2 saturated carbocycles. The van der Waals surface area contributed by atoms with Gasteiger partial charge in [0.15, 0.2) is 0 Å². The number of likely N-dealkylation sites (N-methyl/N-ethyl adjacent to an activating group) is 1. The molecule has 7 nitrogen and oxygen atoms in total. The van der Waals surface area contributed by atoms with E-state index in [2.05, 4.69) is 4.72 Å². The molecule has 2 N–H and O–H groups in total. The largest absolute Gasteiger partial charge is 0.479 e. The molecule has 1 aromatic carbocycles. The number of carbonyl (C=O) groups excluding carboxylic acids is 1. The van der Waals surface area contributed by atoms with Crippen LogP contribution in [0, 0.1) is 0 Å². The Morgan fingerprint density at radius 2 is 1.85 bits per heavy atom. The van der Waals surface area contributed by atoms with Gasteiger partial charge in [0.05, 0.1) is 4.90 Å². The molecule has 26 heavy (non-hydrogen) atoms. The second-order valence-corrected chi connectivity index (χ2v) is 8.90. The van der Waals surface area contributed by atoms with Crippen LogP contribution in [0.2, 0.25) is 0 Å². The van der Waals surface area contributed by atoms with Gasteiger partial charge in [-0.3, -0.25) is 4.79 Å². The van der Waals surface area contributed by atoms with Gasteiger partial charge in [0, 0.05) is 18.7 Å². The van der Waals surface area contributed by atoms with Crippen LogP contribution in [0.15, 0.2) is 29.2 Å². The summed E-state index contributed by atoms with van der Waals surface area (Å²) in [5, 5.41) is 9.75. The number of aliphatic carboxylic acids is 1. The lowest BCUT2D eigenvalue weighted by Gasteiger charge is -2.41. The van der Waals surface area contributed by atoms with Crippen LogP contribution in [0.4, 0.5) is 0 Å². The number of rotatable bonds is 6. The van der Waals surface area contributed by atoms with Crippen molar-refractivity contribution in [3.05, 3.63) is 29.8 Å². The van der Waals surface area contributed by atoms with E-state index >= 15 is 0 Å². The van der Waals surface area contributed by atoms with Crippen molar-refractivity contribution in [3.8, 4) is 0 Å². The number of nitrogens with zero attached hydrogens (tertiary/aromatic N) is 1. The lowest BCUT2D eigenvalue weighted by atomic mass is 9.80. The van der Waals surface area contributed by atoms with Crippen LogP contribution in [-0.2, 0) is 14.8 Å². The molecule has 0 spiro atoms. The average molecular weight is 380 g/mol. The number of nitrogens with one attached hydrogen (secondary N) is 1. The molecule has 2 fully saturated rings. The first-order valence-electron chi connectivity index (χ1n) is 8.90. The fourth-order valence-corrected chi connectivity index (χ4v) is 4.85. The third-order valence-corrected chi connectivity index (χ3v) is 6.83. The van der Waals surface area contributed by atoms with Crippen molar-refractivity contribution in [2.45, 2.75) is 61.4 Å². The minimum absolute atomic E-state index is 0.0247. The van der Waals surface area contributed by atoms with Crippen molar-refractivity contribution in [1.29, 1.82) is 0 Å². The van der Waals surface area contributed by atoms with E-state index in [9.17, 15) is 23.1 Å². The third-order valence-electron chi connectivity index (χ3n) is 5.32. The summed E-state index contributed by atoms with van der Waals surface area (Å²) in [6, 6.07) is 5.76. The Kier molecular flexibility index (Phi) is 5.07. The van der Waals surface area contributed by atoms with E-state index in [-0.39, 0.29) is 16.5 Å². The summed E-state index contributed by atoms with van der Waals surface area (Å²) in [7, 11) is -2.18. The maximum absolute atomic E-state index is 12.9. The van der Waals surface area contributed by atoms with Crippen molar-refractivity contribution in [3.63, 3.8) is 0 Å². The Morgan fingerprint density at radius 1 is 1.19 bits per heavy atom. The first-order chi connectivity index (χ1) is 12.3. The topological polar surface area (TPSA) is 104 Å². The zero-order chi connectivity index (χ0) is 18.9. The van der Waals surface area contributed by atoms with Gasteiger partial charge in [-0.25, -0.2) is 17.9 Å². The van der Waals surface area contributed by atoms with Crippen LogP contribution in [-0.4, -0.2) is 48.9 Å². The number of hydrogen-bond acceptors (Lipinski definition) is 4. The summed E-state index contributed by atoms with van der Waals surface area (Å²) in [5.41, 5.74) is -1.05. The van der Waals surface area contributed by atoms with Crippen LogP contribution >= 0.6 is 0 Å². The SMILES string of the molecule is CN(C(=O)c1cccc(S(=O)(=O)NC2CC2)c1)C1(C(=O)O)CCCCC1. The number of carboxylic acid groups (broad SMARTS) is 1. The van der Waals surface area contributed by atoms with E-state index in [1.807, 2.05) is 0 Å². The Balaban J connectivity index is 1.87. The predicted molar refractivity (Wildman–Crippen MR) is 95.3 cm³/mol. The number of sulfonamides is 1. The molecule has 0 bridgehead atoms. The van der Waals surface area contributed by atoms with Crippen LogP contribution in [0.5, 0.6) is 0 Å². The van der Waals surface area contributed by atoms with Gasteiger partial charge in [-0.2, -0.15) is 0 Å². The van der Waals surface area contributed by atoms with Crippen LogP contribution in [0.25, 0.3) is 0 Å².